The molecule has 192 valence electrons. The van der Waals surface area contributed by atoms with Gasteiger partial charge in [-0.25, -0.2) is 4.79 Å². The van der Waals surface area contributed by atoms with Crippen LogP contribution >= 0.6 is 0 Å². The minimum atomic E-state index is -2.39. The predicted octanol–water partition coefficient (Wildman–Crippen LogP) is 7.19. The van der Waals surface area contributed by atoms with Crippen LogP contribution in [0, 0.1) is 0 Å². The molecule has 0 spiro atoms. The summed E-state index contributed by atoms with van der Waals surface area (Å²) in [5, 5.41) is 2.76. The van der Waals surface area contributed by atoms with Gasteiger partial charge in [-0.05, 0) is 41.6 Å². The fraction of sp³-hybridized carbons (Fsp3) is 0.516. The monoisotopic (exact) mass is 494 g/mol. The van der Waals surface area contributed by atoms with Crippen molar-refractivity contribution in [2.45, 2.75) is 90.5 Å². The van der Waals surface area contributed by atoms with Crippen molar-refractivity contribution in [3.63, 3.8) is 0 Å². The highest BCUT2D eigenvalue weighted by atomic mass is 28.4. The van der Waals surface area contributed by atoms with Gasteiger partial charge in [-0.2, -0.15) is 0 Å². The van der Waals surface area contributed by atoms with Crippen LogP contribution in [0.25, 0.3) is 0 Å². The average Bonchev–Trinajstić information content (AvgIpc) is 2.85. The van der Waals surface area contributed by atoms with Crippen molar-refractivity contribution in [2.24, 2.45) is 0 Å². The van der Waals surface area contributed by atoms with Crippen LogP contribution in [-0.2, 0) is 14.0 Å². The number of ether oxygens (including phenoxy) is 1. The molecule has 0 aliphatic heterocycles. The maximum atomic E-state index is 11.3. The zero-order chi connectivity index (χ0) is 25.4. The molecule has 2 aromatic rings. The van der Waals surface area contributed by atoms with Gasteiger partial charge in [0.15, 0.2) is 0 Å². The second kappa shape index (κ2) is 15.7. The van der Waals surface area contributed by atoms with Crippen molar-refractivity contribution < 1.29 is 14.0 Å². The molecular weight excluding hydrogens is 448 g/mol. The molecule has 0 aromatic heterocycles. The molecule has 2 aromatic carbocycles. The van der Waals surface area contributed by atoms with E-state index >= 15 is 0 Å². The molecular formula is C31H46O3Si. The fourth-order valence-electron chi connectivity index (χ4n) is 4.78. The van der Waals surface area contributed by atoms with Crippen LogP contribution in [0.5, 0.6) is 0 Å². The molecule has 0 amide bonds. The van der Waals surface area contributed by atoms with Crippen LogP contribution in [0.2, 0.25) is 5.04 Å². The first-order chi connectivity index (χ1) is 16.9. The Morgan fingerprint density at radius 1 is 0.771 bits per heavy atom. The van der Waals surface area contributed by atoms with Crippen molar-refractivity contribution in [1.82, 2.24) is 0 Å². The number of benzene rings is 2. The Morgan fingerprint density at radius 3 is 1.74 bits per heavy atom. The summed E-state index contributed by atoms with van der Waals surface area (Å²) in [6.45, 7) is 10.1. The van der Waals surface area contributed by atoms with Crippen molar-refractivity contribution >= 4 is 24.7 Å². The highest BCUT2D eigenvalue weighted by Crippen LogP contribution is 2.36. The molecule has 0 bridgehead atoms. The summed E-state index contributed by atoms with van der Waals surface area (Å²) in [7, 11) is -2.39. The van der Waals surface area contributed by atoms with Crippen molar-refractivity contribution in [2.75, 3.05) is 13.2 Å². The summed E-state index contributed by atoms with van der Waals surface area (Å²) >= 11 is 0. The minimum Gasteiger partial charge on any atom is -0.463 e. The smallest absolute Gasteiger partial charge is 0.330 e. The van der Waals surface area contributed by atoms with Gasteiger partial charge in [0.05, 0.1) is 6.61 Å². The summed E-state index contributed by atoms with van der Waals surface area (Å²) in [4.78, 5) is 11.3. The van der Waals surface area contributed by atoms with Gasteiger partial charge in [-0.3, -0.25) is 0 Å². The second-order valence-corrected chi connectivity index (χ2v) is 14.6. The van der Waals surface area contributed by atoms with E-state index in [0.29, 0.717) is 6.61 Å². The third-order valence-corrected chi connectivity index (χ3v) is 11.6. The summed E-state index contributed by atoms with van der Waals surface area (Å²) in [5.41, 5.74) is 0. The van der Waals surface area contributed by atoms with Crippen LogP contribution in [0.1, 0.15) is 85.5 Å². The Bertz CT molecular complexity index is 816. The number of esters is 1. The standard InChI is InChI=1S/C31H46O3Si/c1-5-33-30(32)26-20-12-10-8-6-7-9-11-13-21-27-34-35(31(2,3)4,28-22-16-14-17-23-28)29-24-18-15-19-25-29/h14-20,22-26H,5-13,21,27H2,1-4H3. The van der Waals surface area contributed by atoms with E-state index in [-0.39, 0.29) is 11.0 Å². The Morgan fingerprint density at radius 2 is 1.26 bits per heavy atom. The normalized spacial score (nSPS) is 12.2. The number of carbonyl (C=O) groups is 1. The first kappa shape index (κ1) is 29.1. The third-order valence-electron chi connectivity index (χ3n) is 6.54. The lowest BCUT2D eigenvalue weighted by Gasteiger charge is -2.43. The lowest BCUT2D eigenvalue weighted by Crippen LogP contribution is -2.66. The second-order valence-electron chi connectivity index (χ2n) is 10.3. The molecule has 0 saturated carbocycles. The quantitative estimate of drug-likeness (QED) is 0.107. The SMILES string of the molecule is CCOC(=O)C=CCCCCCCCCCCO[Si](c1ccccc1)(c1ccccc1)C(C)(C)C. The third kappa shape index (κ3) is 9.42. The Balaban J connectivity index is 1.74. The summed E-state index contributed by atoms with van der Waals surface area (Å²) < 4.78 is 11.9. The minimum absolute atomic E-state index is 0.0429. The Hall–Kier alpha value is -2.17. The molecule has 0 radical (unpaired) electrons. The average molecular weight is 495 g/mol. The molecule has 0 saturated heterocycles. The van der Waals surface area contributed by atoms with Gasteiger partial charge >= 0.3 is 5.97 Å². The number of allylic oxidation sites excluding steroid dienone is 1. The molecule has 0 heterocycles. The zero-order valence-corrected chi connectivity index (χ0v) is 23.4. The summed E-state index contributed by atoms with van der Waals surface area (Å²) in [5.74, 6) is -0.230. The highest BCUT2D eigenvalue weighted by Gasteiger charge is 2.49. The van der Waals surface area contributed by atoms with Crippen LogP contribution in [0.4, 0.5) is 0 Å². The number of hydrogen-bond acceptors (Lipinski definition) is 3. The number of hydrogen-bond donors (Lipinski definition) is 0. The number of rotatable bonds is 16. The number of unbranched alkanes of at least 4 members (excludes halogenated alkanes) is 8. The van der Waals surface area contributed by atoms with Crippen molar-refractivity contribution in [1.29, 1.82) is 0 Å². The van der Waals surface area contributed by atoms with E-state index in [0.717, 1.165) is 25.9 Å². The van der Waals surface area contributed by atoms with Crippen LogP contribution < -0.4 is 10.4 Å². The van der Waals surface area contributed by atoms with Crippen molar-refractivity contribution in [3.8, 4) is 0 Å². The lowest BCUT2D eigenvalue weighted by atomic mass is 10.1. The molecule has 4 heteroatoms. The van der Waals surface area contributed by atoms with Gasteiger partial charge in [0.1, 0.15) is 0 Å². The molecule has 0 aliphatic rings. The van der Waals surface area contributed by atoms with Gasteiger partial charge in [-0.1, -0.05) is 126 Å². The van der Waals surface area contributed by atoms with E-state index < -0.39 is 8.32 Å². The molecule has 3 nitrogen and oxygen atoms in total. The first-order valence-electron chi connectivity index (χ1n) is 13.5. The zero-order valence-electron chi connectivity index (χ0n) is 22.4. The van der Waals surface area contributed by atoms with E-state index in [4.69, 9.17) is 9.16 Å². The van der Waals surface area contributed by atoms with Gasteiger partial charge < -0.3 is 9.16 Å². The summed E-state index contributed by atoms with van der Waals surface area (Å²) in [6.07, 6.45) is 14.3. The molecule has 0 unspecified atom stereocenters. The van der Waals surface area contributed by atoms with E-state index in [9.17, 15) is 4.79 Å². The van der Waals surface area contributed by atoms with Gasteiger partial charge in [-0.15, -0.1) is 0 Å². The predicted molar refractivity (Wildman–Crippen MR) is 151 cm³/mol. The van der Waals surface area contributed by atoms with Gasteiger partial charge in [0.25, 0.3) is 8.32 Å². The molecule has 0 N–H and O–H groups in total. The lowest BCUT2D eigenvalue weighted by molar-refractivity contribution is -0.137. The summed E-state index contributed by atoms with van der Waals surface area (Å²) in [6, 6.07) is 21.8. The topological polar surface area (TPSA) is 35.5 Å². The maximum absolute atomic E-state index is 11.3. The van der Waals surface area contributed by atoms with E-state index in [1.807, 2.05) is 13.0 Å². The van der Waals surface area contributed by atoms with Crippen LogP contribution in [0.3, 0.4) is 0 Å². The number of carbonyl (C=O) groups excluding carboxylic acids is 1. The van der Waals surface area contributed by atoms with E-state index in [2.05, 4.69) is 81.4 Å². The van der Waals surface area contributed by atoms with Crippen LogP contribution in [0.15, 0.2) is 72.8 Å². The van der Waals surface area contributed by atoms with E-state index in [1.165, 1.54) is 48.9 Å². The first-order valence-corrected chi connectivity index (χ1v) is 15.4. The van der Waals surface area contributed by atoms with Gasteiger partial charge in [0.2, 0.25) is 0 Å². The highest BCUT2D eigenvalue weighted by molar-refractivity contribution is 6.99. The molecule has 2 rings (SSSR count). The molecule has 0 aliphatic carbocycles. The van der Waals surface area contributed by atoms with Crippen molar-refractivity contribution in [3.05, 3.63) is 72.8 Å². The fourth-order valence-corrected chi connectivity index (χ4v) is 9.39. The maximum Gasteiger partial charge on any atom is 0.330 e. The van der Waals surface area contributed by atoms with E-state index in [1.54, 1.807) is 6.08 Å². The van der Waals surface area contributed by atoms with Crippen LogP contribution in [-0.4, -0.2) is 27.5 Å². The largest absolute Gasteiger partial charge is 0.463 e. The molecule has 35 heavy (non-hydrogen) atoms. The van der Waals surface area contributed by atoms with Gasteiger partial charge in [0, 0.05) is 12.7 Å². The molecule has 0 atom stereocenters. The molecule has 0 fully saturated rings. The Kier molecular flexibility index (Phi) is 13.1. The Labute approximate surface area is 215 Å².